The van der Waals surface area contributed by atoms with Gasteiger partial charge in [-0.3, -0.25) is 20.1 Å². The predicted octanol–water partition coefficient (Wildman–Crippen LogP) is 3.20. The molecular weight excluding hydrogens is 438 g/mol. The summed E-state index contributed by atoms with van der Waals surface area (Å²) in [5.41, 5.74) is 2.60. The number of hydrogen-bond acceptors (Lipinski definition) is 5. The number of carbonyl (C=O) groups is 1. The predicted molar refractivity (Wildman–Crippen MR) is 128 cm³/mol. The lowest BCUT2D eigenvalue weighted by molar-refractivity contribution is -0.131. The fraction of sp³-hybridized carbons (Fsp3) is 0.375. The van der Waals surface area contributed by atoms with Crippen molar-refractivity contribution in [1.82, 2.24) is 20.2 Å². The molecule has 4 rings (SSSR count). The van der Waals surface area contributed by atoms with E-state index in [9.17, 15) is 10.1 Å². The number of aromatic nitrogens is 1. The van der Waals surface area contributed by atoms with Crippen LogP contribution in [0.5, 0.6) is 0 Å². The van der Waals surface area contributed by atoms with Crippen LogP contribution in [0.15, 0.2) is 58.8 Å². The highest BCUT2D eigenvalue weighted by Gasteiger charge is 2.37. The van der Waals surface area contributed by atoms with Gasteiger partial charge in [-0.15, -0.1) is 0 Å². The zero-order valence-electron chi connectivity index (χ0n) is 18.3. The number of hydrazone groups is 1. The average Bonchev–Trinajstić information content (AvgIpc) is 3.15. The first-order valence-electron chi connectivity index (χ1n) is 11.2. The van der Waals surface area contributed by atoms with Crippen molar-refractivity contribution in [2.24, 2.45) is 10.1 Å². The number of nitriles is 1. The van der Waals surface area contributed by atoms with Crippen LogP contribution in [-0.2, 0) is 11.2 Å². The first-order chi connectivity index (χ1) is 16.2. The molecule has 1 unspecified atom stereocenters. The van der Waals surface area contributed by atoms with Gasteiger partial charge in [-0.25, -0.2) is 5.01 Å². The molecule has 1 N–H and O–H groups in total. The van der Waals surface area contributed by atoms with E-state index in [0.717, 1.165) is 36.2 Å². The zero-order chi connectivity index (χ0) is 23.0. The molecule has 1 amide bonds. The van der Waals surface area contributed by atoms with Crippen LogP contribution in [0, 0.1) is 11.5 Å². The molecule has 33 heavy (non-hydrogen) atoms. The number of hydrogen-bond donors (Lipinski definition) is 1. The van der Waals surface area contributed by atoms with E-state index in [1.165, 1.54) is 0 Å². The van der Waals surface area contributed by atoms with E-state index in [0.29, 0.717) is 43.5 Å². The Morgan fingerprint density at radius 1 is 1.21 bits per heavy atom. The summed E-state index contributed by atoms with van der Waals surface area (Å²) < 4.78 is 0. The molecule has 0 saturated carbocycles. The smallest absolute Gasteiger partial charge is 0.228 e. The molecule has 2 aliphatic heterocycles. The largest absolute Gasteiger partial charge is 0.332 e. The normalized spacial score (nSPS) is 19.2. The Hall–Kier alpha value is -3.44. The molecule has 3 heterocycles. The van der Waals surface area contributed by atoms with Crippen molar-refractivity contribution < 1.29 is 4.79 Å². The number of likely N-dealkylation sites (tertiary alicyclic amines) is 1. The number of rotatable bonds is 5. The molecule has 0 spiro atoms. The Morgan fingerprint density at radius 3 is 2.82 bits per heavy atom. The topological polar surface area (TPSA) is 97.0 Å². The van der Waals surface area contributed by atoms with Crippen LogP contribution >= 0.6 is 11.6 Å². The molecule has 1 atom stereocenters. The van der Waals surface area contributed by atoms with Crippen molar-refractivity contribution in [3.8, 4) is 6.19 Å². The molecule has 0 radical (unpaired) electrons. The van der Waals surface area contributed by atoms with Crippen LogP contribution in [0.1, 0.15) is 36.9 Å². The number of amides is 1. The molecule has 1 aromatic heterocycles. The number of nitrogens with zero attached hydrogens (tertiary/aromatic N) is 6. The number of pyridine rings is 1. The summed E-state index contributed by atoms with van der Waals surface area (Å²) in [4.78, 5) is 23.7. The first-order valence-corrected chi connectivity index (χ1v) is 11.5. The second-order valence-electron chi connectivity index (χ2n) is 8.00. The average molecular weight is 464 g/mol. The van der Waals surface area contributed by atoms with Crippen LogP contribution in [0.25, 0.3) is 0 Å². The minimum absolute atomic E-state index is 0.142. The Kier molecular flexibility index (Phi) is 7.53. The van der Waals surface area contributed by atoms with E-state index in [2.05, 4.69) is 15.3 Å². The molecule has 170 valence electrons. The third-order valence-corrected chi connectivity index (χ3v) is 6.04. The molecule has 8 nitrogen and oxygen atoms in total. The summed E-state index contributed by atoms with van der Waals surface area (Å²) in [7, 11) is 0. The van der Waals surface area contributed by atoms with Crippen molar-refractivity contribution in [2.75, 3.05) is 19.6 Å². The molecule has 1 aromatic carbocycles. The molecule has 2 aliphatic rings. The van der Waals surface area contributed by atoms with Gasteiger partial charge in [0.25, 0.3) is 0 Å². The van der Waals surface area contributed by atoms with Gasteiger partial charge in [-0.1, -0.05) is 36.2 Å². The van der Waals surface area contributed by atoms with Gasteiger partial charge < -0.3 is 4.90 Å². The standard InChI is InChI=1S/C24H26ClN7O/c25-19-10-8-18(9-11-19)23-21(31-15-5-1-2-7-22(31)33)16-32(30-23)24(29-17-26)28-14-12-20-6-3-4-13-27-20/h3-4,6,8-11,13,21H,1-2,5,7,12,14-16H2,(H,28,29). The maximum Gasteiger partial charge on any atom is 0.228 e. The van der Waals surface area contributed by atoms with E-state index in [-0.39, 0.29) is 11.9 Å². The van der Waals surface area contributed by atoms with Gasteiger partial charge in [0.05, 0.1) is 18.3 Å². The quantitative estimate of drug-likeness (QED) is 0.318. The fourth-order valence-electron chi connectivity index (χ4n) is 4.13. The van der Waals surface area contributed by atoms with Crippen LogP contribution < -0.4 is 5.32 Å². The van der Waals surface area contributed by atoms with Crippen molar-refractivity contribution in [3.63, 3.8) is 0 Å². The summed E-state index contributed by atoms with van der Waals surface area (Å²) in [5.74, 6) is 0.507. The van der Waals surface area contributed by atoms with Gasteiger partial charge in [0, 0.05) is 48.4 Å². The lowest BCUT2D eigenvalue weighted by atomic mass is 10.0. The Labute approximate surface area is 198 Å². The molecule has 0 aliphatic carbocycles. The summed E-state index contributed by atoms with van der Waals surface area (Å²) in [6, 6.07) is 13.0. The molecule has 0 bridgehead atoms. The minimum Gasteiger partial charge on any atom is -0.332 e. The van der Waals surface area contributed by atoms with E-state index >= 15 is 0 Å². The molecular formula is C24H26ClN7O. The van der Waals surface area contributed by atoms with E-state index < -0.39 is 0 Å². The summed E-state index contributed by atoms with van der Waals surface area (Å²) in [6.07, 6.45) is 7.83. The second kappa shape index (κ2) is 10.9. The summed E-state index contributed by atoms with van der Waals surface area (Å²) >= 11 is 6.09. The maximum atomic E-state index is 12.9. The van der Waals surface area contributed by atoms with Gasteiger partial charge in [0.15, 0.2) is 6.19 Å². The van der Waals surface area contributed by atoms with E-state index in [1.54, 1.807) is 11.2 Å². The number of guanidine groups is 1. The highest BCUT2D eigenvalue weighted by atomic mass is 35.5. The van der Waals surface area contributed by atoms with Gasteiger partial charge in [0.2, 0.25) is 11.9 Å². The number of aliphatic imine (C=N–C) groups is 1. The third kappa shape index (κ3) is 5.68. The maximum absolute atomic E-state index is 12.9. The number of nitrogens with one attached hydrogen (secondary N) is 1. The lowest BCUT2D eigenvalue weighted by Crippen LogP contribution is -2.48. The number of carbonyl (C=O) groups excluding carboxylic acids is 1. The first kappa shape index (κ1) is 22.7. The minimum atomic E-state index is -0.224. The third-order valence-electron chi connectivity index (χ3n) is 5.78. The van der Waals surface area contributed by atoms with Gasteiger partial charge in [-0.2, -0.15) is 10.4 Å². The van der Waals surface area contributed by atoms with Crippen molar-refractivity contribution >= 4 is 29.2 Å². The van der Waals surface area contributed by atoms with Crippen molar-refractivity contribution in [3.05, 3.63) is 64.9 Å². The van der Waals surface area contributed by atoms with Crippen LogP contribution in [0.2, 0.25) is 5.02 Å². The Morgan fingerprint density at radius 2 is 2.06 bits per heavy atom. The summed E-state index contributed by atoms with van der Waals surface area (Å²) in [5, 5.41) is 19.1. The second-order valence-corrected chi connectivity index (χ2v) is 8.44. The summed E-state index contributed by atoms with van der Waals surface area (Å²) in [6.45, 7) is 1.58. The monoisotopic (exact) mass is 463 g/mol. The Bertz CT molecular complexity index is 1060. The number of benzene rings is 1. The highest BCUT2D eigenvalue weighted by molar-refractivity contribution is 6.30. The van der Waals surface area contributed by atoms with Crippen LogP contribution in [0.3, 0.4) is 0 Å². The Balaban J connectivity index is 1.60. The molecule has 2 aromatic rings. The molecule has 1 saturated heterocycles. The van der Waals surface area contributed by atoms with E-state index in [1.807, 2.05) is 53.6 Å². The fourth-order valence-corrected chi connectivity index (χ4v) is 4.26. The van der Waals surface area contributed by atoms with Gasteiger partial charge in [0.1, 0.15) is 0 Å². The number of halogens is 1. The SMILES string of the molecule is N#CNC(=NCCc1ccccn1)N1CC(N2CCCCCC2=O)C(c2ccc(Cl)cc2)=N1. The van der Waals surface area contributed by atoms with Crippen LogP contribution in [0.4, 0.5) is 0 Å². The van der Waals surface area contributed by atoms with Crippen molar-refractivity contribution in [1.29, 1.82) is 5.26 Å². The van der Waals surface area contributed by atoms with E-state index in [4.69, 9.17) is 16.7 Å². The lowest BCUT2D eigenvalue weighted by Gasteiger charge is -2.29. The van der Waals surface area contributed by atoms with Crippen molar-refractivity contribution in [2.45, 2.75) is 38.1 Å². The zero-order valence-corrected chi connectivity index (χ0v) is 19.1. The molecule has 9 heteroatoms. The highest BCUT2D eigenvalue weighted by Crippen LogP contribution is 2.24. The van der Waals surface area contributed by atoms with Gasteiger partial charge in [-0.05, 0) is 37.1 Å². The molecule has 1 fully saturated rings. The van der Waals surface area contributed by atoms with Crippen LogP contribution in [-0.4, -0.2) is 58.1 Å². The van der Waals surface area contributed by atoms with Gasteiger partial charge >= 0.3 is 0 Å².